The van der Waals surface area contributed by atoms with Gasteiger partial charge < -0.3 is 10.5 Å². The Kier molecular flexibility index (Phi) is 3.93. The van der Waals surface area contributed by atoms with Gasteiger partial charge in [-0.3, -0.25) is 4.98 Å². The van der Waals surface area contributed by atoms with Crippen LogP contribution < -0.4 is 10.5 Å². The molecule has 0 saturated heterocycles. The molecule has 5 heteroatoms. The number of benzene rings is 1. The van der Waals surface area contributed by atoms with Crippen LogP contribution in [0.3, 0.4) is 0 Å². The Morgan fingerprint density at radius 2 is 2.31 bits per heavy atom. The lowest BCUT2D eigenvalue weighted by Gasteiger charge is -2.07. The summed E-state index contributed by atoms with van der Waals surface area (Å²) in [5.74, 6) is 0.825. The molecule has 0 amide bonds. The Labute approximate surface area is 106 Å². The summed E-state index contributed by atoms with van der Waals surface area (Å²) in [5, 5.41) is 0. The van der Waals surface area contributed by atoms with E-state index in [-0.39, 0.29) is 0 Å². The van der Waals surface area contributed by atoms with E-state index in [2.05, 4.69) is 20.9 Å². The van der Waals surface area contributed by atoms with E-state index < -0.39 is 0 Å². The topological polar surface area (TPSA) is 48.1 Å². The van der Waals surface area contributed by atoms with Gasteiger partial charge in [-0.25, -0.2) is 0 Å². The van der Waals surface area contributed by atoms with Crippen LogP contribution in [0.1, 0.15) is 10.4 Å². The summed E-state index contributed by atoms with van der Waals surface area (Å²) in [6, 6.07) is 5.86. The van der Waals surface area contributed by atoms with Gasteiger partial charge in [-0.2, -0.15) is 0 Å². The van der Waals surface area contributed by atoms with Crippen molar-refractivity contribution in [3.05, 3.63) is 44.8 Å². The molecule has 0 radical (unpaired) electrons. The van der Waals surface area contributed by atoms with Crippen LogP contribution in [0.4, 0.5) is 0 Å². The minimum Gasteiger partial charge on any atom is -0.487 e. The predicted octanol–water partition coefficient (Wildman–Crippen LogP) is 2.94. The molecule has 0 saturated carbocycles. The van der Waals surface area contributed by atoms with Crippen molar-refractivity contribution in [2.45, 2.75) is 13.2 Å². The van der Waals surface area contributed by atoms with Gasteiger partial charge in [0, 0.05) is 12.7 Å². The highest BCUT2D eigenvalue weighted by atomic mass is 79.9. The Balaban J connectivity index is 2.04. The molecular weight excluding hydrogens is 288 g/mol. The number of halogens is 1. The molecule has 2 rings (SSSR count). The molecule has 0 bridgehead atoms. The summed E-state index contributed by atoms with van der Waals surface area (Å²) < 4.78 is 6.59. The number of hydrogen-bond acceptors (Lipinski definition) is 4. The van der Waals surface area contributed by atoms with Crippen LogP contribution in [-0.2, 0) is 13.2 Å². The molecule has 1 heterocycles. The normalized spacial score (nSPS) is 10.4. The summed E-state index contributed by atoms with van der Waals surface area (Å²) in [5.41, 5.74) is 8.43. The third-order valence-corrected chi connectivity index (χ3v) is 3.46. The highest BCUT2D eigenvalue weighted by molar-refractivity contribution is 9.10. The van der Waals surface area contributed by atoms with Crippen molar-refractivity contribution < 1.29 is 4.74 Å². The highest BCUT2D eigenvalue weighted by Crippen LogP contribution is 2.26. The summed E-state index contributed by atoms with van der Waals surface area (Å²) in [6.45, 7) is 1.08. The smallest absolute Gasteiger partial charge is 0.134 e. The third kappa shape index (κ3) is 2.81. The SMILES string of the molecule is NCc1ccc(OCc2cncs2)c(Br)c1. The number of nitrogens with zero attached hydrogens (tertiary/aromatic N) is 1. The first-order valence-corrected chi connectivity index (χ1v) is 6.45. The van der Waals surface area contributed by atoms with Gasteiger partial charge >= 0.3 is 0 Å². The van der Waals surface area contributed by atoms with Crippen molar-refractivity contribution in [2.24, 2.45) is 5.73 Å². The second-order valence-electron chi connectivity index (χ2n) is 3.23. The number of aromatic nitrogens is 1. The minimum absolute atomic E-state index is 0.535. The number of ether oxygens (including phenoxy) is 1. The van der Waals surface area contributed by atoms with E-state index in [1.165, 1.54) is 0 Å². The zero-order valence-corrected chi connectivity index (χ0v) is 10.9. The Hall–Kier alpha value is -0.910. The number of thiazole rings is 1. The van der Waals surface area contributed by atoms with E-state index in [0.29, 0.717) is 13.2 Å². The van der Waals surface area contributed by atoms with Crippen LogP contribution in [0, 0.1) is 0 Å². The maximum absolute atomic E-state index is 5.66. The molecular formula is C11H11BrN2OS. The molecule has 3 nitrogen and oxygen atoms in total. The molecule has 2 N–H and O–H groups in total. The fourth-order valence-electron chi connectivity index (χ4n) is 1.25. The largest absolute Gasteiger partial charge is 0.487 e. The number of nitrogens with two attached hydrogens (primary N) is 1. The molecule has 0 spiro atoms. The van der Waals surface area contributed by atoms with E-state index >= 15 is 0 Å². The lowest BCUT2D eigenvalue weighted by Crippen LogP contribution is -1.98. The second-order valence-corrected chi connectivity index (χ2v) is 5.05. The Bertz CT molecular complexity index is 459. The first-order chi connectivity index (χ1) is 7.79. The Morgan fingerprint density at radius 1 is 1.44 bits per heavy atom. The molecule has 0 unspecified atom stereocenters. The van der Waals surface area contributed by atoms with Gasteiger partial charge in [0.25, 0.3) is 0 Å². The molecule has 0 aliphatic rings. The number of hydrogen-bond donors (Lipinski definition) is 1. The molecule has 0 fully saturated rings. The first kappa shape index (κ1) is 11.6. The molecule has 0 aliphatic heterocycles. The Morgan fingerprint density at radius 3 is 2.94 bits per heavy atom. The van der Waals surface area contributed by atoms with Gasteiger partial charge in [-0.15, -0.1) is 11.3 Å². The van der Waals surface area contributed by atoms with Crippen LogP contribution in [-0.4, -0.2) is 4.98 Å². The van der Waals surface area contributed by atoms with Crippen molar-refractivity contribution in [1.82, 2.24) is 4.98 Å². The molecule has 1 aromatic heterocycles. The van der Waals surface area contributed by atoms with Crippen LogP contribution >= 0.6 is 27.3 Å². The van der Waals surface area contributed by atoms with E-state index in [9.17, 15) is 0 Å². The summed E-state index contributed by atoms with van der Waals surface area (Å²) in [6.07, 6.45) is 1.81. The minimum atomic E-state index is 0.535. The standard InChI is InChI=1S/C11H11BrN2OS/c12-10-3-8(4-13)1-2-11(10)15-6-9-5-14-7-16-9/h1-3,5,7H,4,6,13H2. The predicted molar refractivity (Wildman–Crippen MR) is 68.5 cm³/mol. The van der Waals surface area contributed by atoms with Crippen LogP contribution in [0.15, 0.2) is 34.4 Å². The van der Waals surface area contributed by atoms with Gasteiger partial charge in [-0.05, 0) is 33.6 Å². The molecule has 2 aromatic rings. The zero-order valence-electron chi connectivity index (χ0n) is 8.52. The lowest BCUT2D eigenvalue weighted by molar-refractivity contribution is 0.307. The van der Waals surface area contributed by atoms with Gasteiger partial charge in [0.1, 0.15) is 12.4 Å². The van der Waals surface area contributed by atoms with E-state index in [1.807, 2.05) is 24.4 Å². The second kappa shape index (κ2) is 5.43. The fraction of sp³-hybridized carbons (Fsp3) is 0.182. The van der Waals surface area contributed by atoms with Crippen molar-refractivity contribution in [3.8, 4) is 5.75 Å². The summed E-state index contributed by atoms with van der Waals surface area (Å²) in [7, 11) is 0. The quantitative estimate of drug-likeness (QED) is 0.944. The van der Waals surface area contributed by atoms with Crippen molar-refractivity contribution in [1.29, 1.82) is 0 Å². The molecule has 0 atom stereocenters. The van der Waals surface area contributed by atoms with Crippen LogP contribution in [0.25, 0.3) is 0 Å². The van der Waals surface area contributed by atoms with Gasteiger partial charge in [0.2, 0.25) is 0 Å². The van der Waals surface area contributed by atoms with Crippen molar-refractivity contribution >= 4 is 27.3 Å². The van der Waals surface area contributed by atoms with Crippen molar-refractivity contribution in [2.75, 3.05) is 0 Å². The van der Waals surface area contributed by atoms with Crippen LogP contribution in [0.5, 0.6) is 5.75 Å². The molecule has 0 aliphatic carbocycles. The first-order valence-electron chi connectivity index (χ1n) is 4.78. The zero-order chi connectivity index (χ0) is 11.4. The van der Waals surface area contributed by atoms with Gasteiger partial charge in [-0.1, -0.05) is 6.07 Å². The maximum Gasteiger partial charge on any atom is 0.134 e. The van der Waals surface area contributed by atoms with Gasteiger partial charge in [0.05, 0.1) is 14.9 Å². The van der Waals surface area contributed by atoms with E-state index in [4.69, 9.17) is 10.5 Å². The number of rotatable bonds is 4. The van der Waals surface area contributed by atoms with E-state index in [1.54, 1.807) is 16.8 Å². The van der Waals surface area contributed by atoms with Crippen molar-refractivity contribution in [3.63, 3.8) is 0 Å². The summed E-state index contributed by atoms with van der Waals surface area (Å²) in [4.78, 5) is 5.10. The third-order valence-electron chi connectivity index (χ3n) is 2.09. The molecule has 16 heavy (non-hydrogen) atoms. The van der Waals surface area contributed by atoms with E-state index in [0.717, 1.165) is 20.7 Å². The highest BCUT2D eigenvalue weighted by Gasteiger charge is 2.03. The monoisotopic (exact) mass is 298 g/mol. The van der Waals surface area contributed by atoms with Crippen LogP contribution in [0.2, 0.25) is 0 Å². The molecule has 84 valence electrons. The fourth-order valence-corrected chi connectivity index (χ4v) is 2.30. The maximum atomic E-state index is 5.66. The average Bonchev–Trinajstić information content (AvgIpc) is 2.80. The average molecular weight is 299 g/mol. The lowest BCUT2D eigenvalue weighted by atomic mass is 10.2. The summed E-state index contributed by atoms with van der Waals surface area (Å²) >= 11 is 5.04. The van der Waals surface area contributed by atoms with Gasteiger partial charge in [0.15, 0.2) is 0 Å². The molecule has 1 aromatic carbocycles.